The van der Waals surface area contributed by atoms with E-state index in [1.807, 2.05) is 0 Å². The summed E-state index contributed by atoms with van der Waals surface area (Å²) in [6.45, 7) is -2.23. The number of alkyl halides is 7. The highest BCUT2D eigenvalue weighted by Crippen LogP contribution is 2.61. The van der Waals surface area contributed by atoms with Crippen molar-refractivity contribution in [1.29, 1.82) is 0 Å². The Morgan fingerprint density at radius 3 is 1.75 bits per heavy atom. The molecule has 4 aliphatic rings. The van der Waals surface area contributed by atoms with Gasteiger partial charge in [0.2, 0.25) is 0 Å². The van der Waals surface area contributed by atoms with Crippen LogP contribution in [0, 0.1) is 23.2 Å². The number of rotatable bonds is 8. The first-order valence-electron chi connectivity index (χ1n) is 10.4. The van der Waals surface area contributed by atoms with Crippen molar-refractivity contribution in [2.45, 2.75) is 76.2 Å². The second-order valence-corrected chi connectivity index (χ2v) is 9.30. The summed E-state index contributed by atoms with van der Waals surface area (Å²) in [6.07, 6.45) is -2.61. The van der Waals surface area contributed by atoms with E-state index in [2.05, 4.69) is 14.2 Å². The zero-order valence-electron chi connectivity index (χ0n) is 17.6. The number of hydrogen-bond acceptors (Lipinski definition) is 5. The Morgan fingerprint density at radius 1 is 0.906 bits per heavy atom. The molecule has 12 heteroatoms. The Kier molecular flexibility index (Phi) is 6.27. The number of carbonyl (C=O) groups excluding carboxylic acids is 2. The molecule has 0 radical (unpaired) electrons. The minimum Gasteiger partial charge on any atom is -0.461 e. The Labute approximate surface area is 179 Å². The van der Waals surface area contributed by atoms with Crippen molar-refractivity contribution >= 4 is 11.9 Å². The van der Waals surface area contributed by atoms with Crippen LogP contribution in [0.25, 0.3) is 0 Å². The Hall–Kier alpha value is -1.59. The van der Waals surface area contributed by atoms with Crippen molar-refractivity contribution in [3.63, 3.8) is 0 Å². The molecule has 4 fully saturated rings. The average Bonchev–Trinajstić information content (AvgIpc) is 2.62. The third-order valence-corrected chi connectivity index (χ3v) is 6.72. The van der Waals surface area contributed by atoms with Crippen molar-refractivity contribution in [1.82, 2.24) is 0 Å². The lowest BCUT2D eigenvalue weighted by Gasteiger charge is -2.55. The molecule has 4 bridgehead atoms. The summed E-state index contributed by atoms with van der Waals surface area (Å²) >= 11 is 0. The van der Waals surface area contributed by atoms with Crippen LogP contribution in [0.1, 0.15) is 52.4 Å². The summed E-state index contributed by atoms with van der Waals surface area (Å²) in [5.41, 5.74) is -1.31. The molecule has 4 saturated carbocycles. The number of esters is 2. The van der Waals surface area contributed by atoms with E-state index < -0.39 is 54.4 Å². The molecule has 0 heterocycles. The molecule has 184 valence electrons. The molecule has 0 N–H and O–H groups in total. The maximum atomic E-state index is 14.0. The maximum Gasteiger partial charge on any atom is 0.468 e. The van der Waals surface area contributed by atoms with Gasteiger partial charge in [-0.3, -0.25) is 4.79 Å². The zero-order valence-corrected chi connectivity index (χ0v) is 17.6. The molecule has 0 saturated heterocycles. The SMILES string of the molecule is CCOC(=O)C(OCC(F)(F)C(C)(F)F)(OC(=O)C12CC3CC(CC(C3)C1)C2)C(F)(F)F. The fourth-order valence-electron chi connectivity index (χ4n) is 5.53. The van der Waals surface area contributed by atoms with Gasteiger partial charge in [-0.1, -0.05) is 0 Å². The highest BCUT2D eigenvalue weighted by molar-refractivity contribution is 5.85. The predicted molar refractivity (Wildman–Crippen MR) is 93.6 cm³/mol. The molecule has 0 aromatic heterocycles. The molecular weight excluding hydrogens is 453 g/mol. The van der Waals surface area contributed by atoms with Gasteiger partial charge in [-0.15, -0.1) is 0 Å². The average molecular weight is 478 g/mol. The molecular formula is C20H25F7O5. The van der Waals surface area contributed by atoms with E-state index in [-0.39, 0.29) is 43.9 Å². The van der Waals surface area contributed by atoms with E-state index in [1.165, 1.54) is 0 Å². The van der Waals surface area contributed by atoms with E-state index in [0.717, 1.165) is 26.2 Å². The van der Waals surface area contributed by atoms with Gasteiger partial charge in [0.15, 0.2) is 0 Å². The van der Waals surface area contributed by atoms with E-state index in [9.17, 15) is 40.3 Å². The Morgan fingerprint density at radius 2 is 1.38 bits per heavy atom. The molecule has 0 amide bonds. The van der Waals surface area contributed by atoms with Gasteiger partial charge in [-0.25, -0.2) is 13.6 Å². The van der Waals surface area contributed by atoms with Crippen molar-refractivity contribution in [3.05, 3.63) is 0 Å². The molecule has 32 heavy (non-hydrogen) atoms. The van der Waals surface area contributed by atoms with Gasteiger partial charge in [0, 0.05) is 6.92 Å². The number of carbonyl (C=O) groups is 2. The summed E-state index contributed by atoms with van der Waals surface area (Å²) in [5.74, 6) is -17.8. The molecule has 0 aromatic carbocycles. The van der Waals surface area contributed by atoms with Gasteiger partial charge in [0.05, 0.1) is 12.0 Å². The van der Waals surface area contributed by atoms with Crippen LogP contribution in [0.4, 0.5) is 30.7 Å². The quantitative estimate of drug-likeness (QED) is 0.283. The molecule has 1 unspecified atom stereocenters. The van der Waals surface area contributed by atoms with Crippen molar-refractivity contribution in [2.24, 2.45) is 23.2 Å². The van der Waals surface area contributed by atoms with E-state index in [1.54, 1.807) is 0 Å². The molecule has 4 aliphatic carbocycles. The smallest absolute Gasteiger partial charge is 0.461 e. The van der Waals surface area contributed by atoms with Crippen molar-refractivity contribution in [3.8, 4) is 0 Å². The third-order valence-electron chi connectivity index (χ3n) is 6.72. The van der Waals surface area contributed by atoms with Crippen LogP contribution in [0.2, 0.25) is 0 Å². The monoisotopic (exact) mass is 478 g/mol. The first-order valence-corrected chi connectivity index (χ1v) is 10.4. The van der Waals surface area contributed by atoms with Gasteiger partial charge in [0.1, 0.15) is 6.61 Å². The second kappa shape index (κ2) is 8.02. The standard InChI is InChI=1S/C20H25F7O5/c1-3-30-15(29)19(20(25,26)27,31-10-18(23,24)16(2,21)22)32-14(28)17-7-11-4-12(8-17)6-13(5-11)9-17/h11-13H,3-10H2,1-2H3. The zero-order chi connectivity index (χ0) is 24.2. The van der Waals surface area contributed by atoms with E-state index in [4.69, 9.17) is 0 Å². The topological polar surface area (TPSA) is 61.8 Å². The van der Waals surface area contributed by atoms with Crippen LogP contribution in [-0.4, -0.2) is 49.0 Å². The number of ether oxygens (including phenoxy) is 3. The van der Waals surface area contributed by atoms with Gasteiger partial charge >= 0.3 is 35.7 Å². The summed E-state index contributed by atoms with van der Waals surface area (Å²) in [5, 5.41) is 0. The lowest BCUT2D eigenvalue weighted by atomic mass is 9.49. The van der Waals surface area contributed by atoms with Gasteiger partial charge in [-0.2, -0.15) is 22.0 Å². The normalized spacial score (nSPS) is 31.8. The Bertz CT molecular complexity index is 710. The van der Waals surface area contributed by atoms with Crippen LogP contribution in [0.3, 0.4) is 0 Å². The Balaban J connectivity index is 1.93. The molecule has 0 spiro atoms. The first-order chi connectivity index (χ1) is 14.6. The van der Waals surface area contributed by atoms with E-state index in [0.29, 0.717) is 0 Å². The highest BCUT2D eigenvalue weighted by atomic mass is 19.4. The second-order valence-electron chi connectivity index (χ2n) is 9.30. The maximum absolute atomic E-state index is 14.0. The van der Waals surface area contributed by atoms with Crippen molar-refractivity contribution < 1.29 is 54.5 Å². The highest BCUT2D eigenvalue weighted by Gasteiger charge is 2.71. The number of halogens is 7. The molecule has 1 atom stereocenters. The van der Waals surface area contributed by atoms with Crippen LogP contribution >= 0.6 is 0 Å². The number of hydrogen-bond donors (Lipinski definition) is 0. The lowest BCUT2D eigenvalue weighted by Crippen LogP contribution is -2.62. The van der Waals surface area contributed by atoms with Gasteiger partial charge < -0.3 is 14.2 Å². The van der Waals surface area contributed by atoms with Crippen molar-refractivity contribution in [2.75, 3.05) is 13.2 Å². The van der Waals surface area contributed by atoms with Gasteiger partial charge in [0.25, 0.3) is 0 Å². The molecule has 0 aromatic rings. The summed E-state index contributed by atoms with van der Waals surface area (Å²) in [6, 6.07) is 0. The van der Waals surface area contributed by atoms with E-state index >= 15 is 0 Å². The summed E-state index contributed by atoms with van der Waals surface area (Å²) in [4.78, 5) is 25.3. The van der Waals surface area contributed by atoms with Crippen LogP contribution in [-0.2, 0) is 23.8 Å². The minimum atomic E-state index is -5.86. The fourth-order valence-corrected chi connectivity index (χ4v) is 5.53. The summed E-state index contributed by atoms with van der Waals surface area (Å²) < 4.78 is 109. The largest absolute Gasteiger partial charge is 0.468 e. The summed E-state index contributed by atoms with van der Waals surface area (Å²) in [7, 11) is 0. The van der Waals surface area contributed by atoms with Crippen LogP contribution in [0.5, 0.6) is 0 Å². The first kappa shape index (κ1) is 25.0. The minimum absolute atomic E-state index is 0.112. The van der Waals surface area contributed by atoms with Gasteiger partial charge in [-0.05, 0) is 63.2 Å². The third kappa shape index (κ3) is 4.31. The predicted octanol–water partition coefficient (Wildman–Crippen LogP) is 4.87. The molecule has 5 nitrogen and oxygen atoms in total. The van der Waals surface area contributed by atoms with Crippen LogP contribution < -0.4 is 0 Å². The van der Waals surface area contributed by atoms with Crippen LogP contribution in [0.15, 0.2) is 0 Å². The molecule has 4 rings (SSSR count). The molecule has 0 aliphatic heterocycles. The lowest BCUT2D eigenvalue weighted by molar-refractivity contribution is -0.373. The fraction of sp³-hybridized carbons (Fsp3) is 0.900.